The van der Waals surface area contributed by atoms with E-state index in [1.807, 2.05) is 24.3 Å². The Balaban J connectivity index is 1.39. The molecule has 0 aliphatic carbocycles. The Hall–Kier alpha value is -3.24. The molecule has 11 heteroatoms. The van der Waals surface area contributed by atoms with Crippen molar-refractivity contribution < 1.29 is 18.1 Å². The van der Waals surface area contributed by atoms with Crippen molar-refractivity contribution in [1.82, 2.24) is 9.97 Å². The van der Waals surface area contributed by atoms with Gasteiger partial charge in [0.15, 0.2) is 5.82 Å². The Morgan fingerprint density at radius 2 is 1.84 bits per heavy atom. The van der Waals surface area contributed by atoms with Gasteiger partial charge in [0.2, 0.25) is 5.95 Å². The van der Waals surface area contributed by atoms with E-state index in [1.165, 1.54) is 13.2 Å². The van der Waals surface area contributed by atoms with Crippen molar-refractivity contribution in [2.24, 2.45) is 0 Å². The van der Waals surface area contributed by atoms with Crippen molar-refractivity contribution in [2.45, 2.75) is 24.2 Å². The van der Waals surface area contributed by atoms with Crippen LogP contribution in [0.5, 0.6) is 0 Å². The molecule has 0 radical (unpaired) electrons. The molecule has 2 aliphatic heterocycles. The van der Waals surface area contributed by atoms with Gasteiger partial charge in [-0.2, -0.15) is 4.98 Å². The zero-order valence-corrected chi connectivity index (χ0v) is 21.9. The maximum absolute atomic E-state index is 14.9. The lowest BCUT2D eigenvalue weighted by Gasteiger charge is -2.36. The fraction of sp³-hybridized carbons (Fsp3) is 0.346. The van der Waals surface area contributed by atoms with Crippen LogP contribution in [0, 0.1) is 5.82 Å². The number of carbonyl (C=O) groups excluding carboxylic acids is 1. The van der Waals surface area contributed by atoms with Gasteiger partial charge in [-0.05, 0) is 54.8 Å². The minimum Gasteiger partial charge on any atom is -0.469 e. The number of nitrogens with one attached hydrogen (secondary N) is 1. The van der Waals surface area contributed by atoms with Crippen molar-refractivity contribution >= 4 is 51.5 Å². The second-order valence-electron chi connectivity index (χ2n) is 8.94. The highest BCUT2D eigenvalue weighted by Gasteiger charge is 2.27. The number of halogens is 2. The van der Waals surface area contributed by atoms with E-state index in [0.717, 1.165) is 30.9 Å². The van der Waals surface area contributed by atoms with Gasteiger partial charge in [0, 0.05) is 42.6 Å². The van der Waals surface area contributed by atoms with Crippen molar-refractivity contribution in [3.63, 3.8) is 0 Å². The summed E-state index contributed by atoms with van der Waals surface area (Å²) >= 11 is 6.03. The number of piperazine rings is 1. The molecule has 1 fully saturated rings. The molecule has 2 aliphatic rings. The largest absolute Gasteiger partial charge is 0.469 e. The summed E-state index contributed by atoms with van der Waals surface area (Å²) in [5, 5.41) is 3.77. The molecule has 1 aromatic heterocycles. The first-order valence-corrected chi connectivity index (χ1v) is 13.8. The van der Waals surface area contributed by atoms with Crippen molar-refractivity contribution in [3.05, 3.63) is 64.6 Å². The predicted octanol–water partition coefficient (Wildman–Crippen LogP) is 4.11. The summed E-state index contributed by atoms with van der Waals surface area (Å²) in [7, 11) is 0.0189. The van der Waals surface area contributed by atoms with E-state index < -0.39 is 22.6 Å². The quantitative estimate of drug-likeness (QED) is 0.465. The van der Waals surface area contributed by atoms with E-state index in [4.69, 9.17) is 21.6 Å². The molecule has 1 N–H and O–H groups in total. The zero-order valence-electron chi connectivity index (χ0n) is 20.4. The van der Waals surface area contributed by atoms with Crippen LogP contribution in [0.15, 0.2) is 47.4 Å². The maximum atomic E-state index is 14.9. The monoisotopic (exact) mass is 543 g/mol. The molecular formula is C26H27ClFN5O3S. The van der Waals surface area contributed by atoms with E-state index in [1.54, 1.807) is 12.1 Å². The maximum Gasteiger partial charge on any atom is 0.309 e. The van der Waals surface area contributed by atoms with E-state index in [0.29, 0.717) is 52.5 Å². The first-order chi connectivity index (χ1) is 17.9. The average molecular weight is 544 g/mol. The van der Waals surface area contributed by atoms with Crippen molar-refractivity contribution in [1.29, 1.82) is 0 Å². The number of methoxy groups -OCH3 is 1. The van der Waals surface area contributed by atoms with E-state index in [2.05, 4.69) is 19.9 Å². The van der Waals surface area contributed by atoms with Gasteiger partial charge < -0.3 is 19.9 Å². The number of aryl methyl sites for hydroxylation is 1. The summed E-state index contributed by atoms with van der Waals surface area (Å²) in [6.45, 7) is 2.99. The highest BCUT2D eigenvalue weighted by molar-refractivity contribution is 7.85. The van der Waals surface area contributed by atoms with Gasteiger partial charge in [0.1, 0.15) is 10.7 Å². The normalized spacial score (nSPS) is 17.3. The van der Waals surface area contributed by atoms with Crippen LogP contribution in [-0.2, 0) is 33.2 Å². The summed E-state index contributed by atoms with van der Waals surface area (Å²) in [5.74, 6) is 0.441. The average Bonchev–Trinajstić information content (AvgIpc) is 2.90. The number of fused-ring (bicyclic) bond motifs is 1. The Morgan fingerprint density at radius 1 is 1.11 bits per heavy atom. The van der Waals surface area contributed by atoms with Crippen molar-refractivity contribution in [2.75, 3.05) is 54.2 Å². The highest BCUT2D eigenvalue weighted by atomic mass is 35.5. The van der Waals surface area contributed by atoms with Crippen LogP contribution in [0.3, 0.4) is 0 Å². The summed E-state index contributed by atoms with van der Waals surface area (Å²) in [6.07, 6.45) is 1.44. The summed E-state index contributed by atoms with van der Waals surface area (Å²) in [6, 6.07) is 12.3. The summed E-state index contributed by atoms with van der Waals surface area (Å²) in [4.78, 5) is 26.0. The van der Waals surface area contributed by atoms with E-state index >= 15 is 0 Å². The Morgan fingerprint density at radius 3 is 2.54 bits per heavy atom. The predicted molar refractivity (Wildman–Crippen MR) is 143 cm³/mol. The first kappa shape index (κ1) is 25.4. The second kappa shape index (κ2) is 11.0. The molecule has 5 rings (SSSR count). The molecule has 8 nitrogen and oxygen atoms in total. The van der Waals surface area contributed by atoms with Crippen LogP contribution >= 0.6 is 11.6 Å². The second-order valence-corrected chi connectivity index (χ2v) is 10.9. The number of benzene rings is 2. The number of hydrogen-bond donors (Lipinski definition) is 1. The van der Waals surface area contributed by atoms with Crippen LogP contribution in [0.4, 0.5) is 27.5 Å². The van der Waals surface area contributed by atoms with Crippen LogP contribution in [-0.4, -0.2) is 59.2 Å². The third-order valence-corrected chi connectivity index (χ3v) is 8.31. The Kier molecular flexibility index (Phi) is 7.57. The SMILES string of the molecule is COC(=O)Cc1ccc(Nc2nc(N3CCN(c4ccc(Cl)cc4)CC3)nc3c2[S@](=O)CCC3)c(F)c1. The smallest absolute Gasteiger partial charge is 0.309 e. The third-order valence-electron chi connectivity index (χ3n) is 6.51. The molecule has 3 heterocycles. The zero-order chi connectivity index (χ0) is 25.9. The molecule has 3 aromatic rings. The number of ether oxygens (including phenoxy) is 1. The van der Waals surface area contributed by atoms with Gasteiger partial charge in [-0.1, -0.05) is 17.7 Å². The number of esters is 1. The molecule has 0 spiro atoms. The van der Waals surface area contributed by atoms with E-state index in [9.17, 15) is 13.4 Å². The topological polar surface area (TPSA) is 87.7 Å². The number of carbonyl (C=O) groups is 1. The molecule has 0 saturated carbocycles. The lowest BCUT2D eigenvalue weighted by molar-refractivity contribution is -0.139. The first-order valence-electron chi connectivity index (χ1n) is 12.1. The van der Waals surface area contributed by atoms with Gasteiger partial charge in [-0.25, -0.2) is 9.37 Å². The molecule has 37 heavy (non-hydrogen) atoms. The summed E-state index contributed by atoms with van der Waals surface area (Å²) in [5.41, 5.74) is 2.54. The molecule has 0 amide bonds. The lowest BCUT2D eigenvalue weighted by atomic mass is 10.1. The molecular weight excluding hydrogens is 517 g/mol. The van der Waals surface area contributed by atoms with Crippen LogP contribution < -0.4 is 15.1 Å². The molecule has 194 valence electrons. The van der Waals surface area contributed by atoms with Crippen LogP contribution in [0.25, 0.3) is 0 Å². The standard InChI is InChI=1S/C26H27ClFN5O3S/c1-36-23(34)16-17-4-9-21(20(28)15-17)29-25-24-22(3-2-14-37(24)35)30-26(31-25)33-12-10-32(11-13-33)19-7-5-18(27)6-8-19/h4-9,15H,2-3,10-14,16H2,1H3,(H,29,30,31)/t37-/m1/s1. The van der Waals surface area contributed by atoms with Gasteiger partial charge in [-0.3, -0.25) is 9.00 Å². The van der Waals surface area contributed by atoms with Gasteiger partial charge in [-0.15, -0.1) is 0 Å². The molecule has 0 unspecified atom stereocenters. The minimum absolute atomic E-state index is 0.0211. The molecule has 0 bridgehead atoms. The highest BCUT2D eigenvalue weighted by Crippen LogP contribution is 2.32. The van der Waals surface area contributed by atoms with Gasteiger partial charge >= 0.3 is 5.97 Å². The molecule has 2 aromatic carbocycles. The molecule has 1 atom stereocenters. The number of hydrogen-bond acceptors (Lipinski definition) is 8. The summed E-state index contributed by atoms with van der Waals surface area (Å²) < 4.78 is 32.5. The fourth-order valence-electron chi connectivity index (χ4n) is 4.54. The Bertz CT molecular complexity index is 1330. The minimum atomic E-state index is -1.27. The van der Waals surface area contributed by atoms with Gasteiger partial charge in [0.25, 0.3) is 0 Å². The van der Waals surface area contributed by atoms with Gasteiger partial charge in [0.05, 0.1) is 35.7 Å². The number of anilines is 4. The number of aromatic nitrogens is 2. The number of nitrogens with zero attached hydrogens (tertiary/aromatic N) is 4. The Labute approximate surface area is 222 Å². The van der Waals surface area contributed by atoms with E-state index in [-0.39, 0.29) is 12.1 Å². The lowest BCUT2D eigenvalue weighted by Crippen LogP contribution is -2.47. The van der Waals surface area contributed by atoms with Crippen LogP contribution in [0.2, 0.25) is 5.02 Å². The number of rotatable bonds is 6. The molecule has 1 saturated heterocycles. The third kappa shape index (κ3) is 5.70. The van der Waals surface area contributed by atoms with Crippen LogP contribution in [0.1, 0.15) is 17.7 Å². The fourth-order valence-corrected chi connectivity index (χ4v) is 6.00. The van der Waals surface area contributed by atoms with Crippen molar-refractivity contribution in [3.8, 4) is 0 Å².